The molecule has 100 valence electrons. The second-order valence-electron chi connectivity index (χ2n) is 4.40. The van der Waals surface area contributed by atoms with Crippen LogP contribution in [0.15, 0.2) is 39.4 Å². The summed E-state index contributed by atoms with van der Waals surface area (Å²) in [6.45, 7) is 2.40. The van der Waals surface area contributed by atoms with Crippen molar-refractivity contribution in [1.29, 1.82) is 0 Å². The van der Waals surface area contributed by atoms with Crippen LogP contribution in [0.4, 0.5) is 5.69 Å². The lowest BCUT2D eigenvalue weighted by Crippen LogP contribution is -2.26. The van der Waals surface area contributed by atoms with Crippen molar-refractivity contribution in [3.05, 3.63) is 51.9 Å². The maximum absolute atomic E-state index is 12.3. The average Bonchev–Trinajstić information content (AvgIpc) is 2.77. The number of rotatable bonds is 3. The number of halogens is 1. The SMILES string of the molecule is Cc1occc1CN(C)C(=O)c1ccc(N)c(Br)c1. The first-order chi connectivity index (χ1) is 8.99. The Hall–Kier alpha value is -1.75. The molecular weight excluding hydrogens is 308 g/mol. The third kappa shape index (κ3) is 2.98. The van der Waals surface area contributed by atoms with Crippen LogP contribution >= 0.6 is 15.9 Å². The summed E-state index contributed by atoms with van der Waals surface area (Å²) in [5, 5.41) is 0. The van der Waals surface area contributed by atoms with Crippen molar-refractivity contribution < 1.29 is 9.21 Å². The van der Waals surface area contributed by atoms with Crippen LogP contribution in [0.25, 0.3) is 0 Å². The molecule has 0 saturated carbocycles. The molecule has 19 heavy (non-hydrogen) atoms. The first kappa shape index (κ1) is 13.7. The highest BCUT2D eigenvalue weighted by atomic mass is 79.9. The predicted octanol–water partition coefficient (Wildman–Crippen LogP) is 3.20. The van der Waals surface area contributed by atoms with Gasteiger partial charge in [-0.3, -0.25) is 4.79 Å². The van der Waals surface area contributed by atoms with Gasteiger partial charge in [-0.05, 0) is 47.1 Å². The van der Waals surface area contributed by atoms with Crippen LogP contribution in [-0.2, 0) is 6.54 Å². The zero-order valence-corrected chi connectivity index (χ0v) is 12.4. The van der Waals surface area contributed by atoms with E-state index in [9.17, 15) is 4.79 Å². The first-order valence-corrected chi connectivity index (χ1v) is 6.62. The third-order valence-electron chi connectivity index (χ3n) is 2.97. The Morgan fingerprint density at radius 1 is 1.42 bits per heavy atom. The van der Waals surface area contributed by atoms with Gasteiger partial charge in [0.2, 0.25) is 0 Å². The first-order valence-electron chi connectivity index (χ1n) is 5.82. The number of aryl methyl sites for hydroxylation is 1. The van der Waals surface area contributed by atoms with E-state index in [1.807, 2.05) is 13.0 Å². The molecule has 0 aliphatic heterocycles. The molecule has 0 unspecified atom stereocenters. The predicted molar refractivity (Wildman–Crippen MR) is 77.8 cm³/mol. The number of nitrogen functional groups attached to an aromatic ring is 1. The summed E-state index contributed by atoms with van der Waals surface area (Å²) in [4.78, 5) is 13.9. The van der Waals surface area contributed by atoms with Gasteiger partial charge >= 0.3 is 0 Å². The van der Waals surface area contributed by atoms with Crippen molar-refractivity contribution in [2.24, 2.45) is 0 Å². The molecule has 1 amide bonds. The normalized spacial score (nSPS) is 10.5. The zero-order valence-electron chi connectivity index (χ0n) is 10.8. The molecule has 2 N–H and O–H groups in total. The molecule has 0 atom stereocenters. The van der Waals surface area contributed by atoms with Gasteiger partial charge in [-0.1, -0.05) is 0 Å². The number of nitrogens with zero attached hydrogens (tertiary/aromatic N) is 1. The molecule has 0 saturated heterocycles. The van der Waals surface area contributed by atoms with E-state index in [0.717, 1.165) is 15.8 Å². The van der Waals surface area contributed by atoms with Gasteiger partial charge in [0.05, 0.1) is 6.26 Å². The Labute approximate surface area is 120 Å². The van der Waals surface area contributed by atoms with E-state index in [1.165, 1.54) is 0 Å². The lowest BCUT2D eigenvalue weighted by Gasteiger charge is -2.17. The topological polar surface area (TPSA) is 59.5 Å². The number of carbonyl (C=O) groups excluding carboxylic acids is 1. The van der Waals surface area contributed by atoms with Gasteiger partial charge < -0.3 is 15.1 Å². The minimum atomic E-state index is -0.0544. The molecular formula is C14H15BrN2O2. The molecule has 4 nitrogen and oxygen atoms in total. The molecule has 2 rings (SSSR count). The van der Waals surface area contributed by atoms with Crippen LogP contribution in [0.5, 0.6) is 0 Å². The summed E-state index contributed by atoms with van der Waals surface area (Å²) in [5.41, 5.74) is 7.93. The van der Waals surface area contributed by atoms with Crippen molar-refractivity contribution in [2.45, 2.75) is 13.5 Å². The van der Waals surface area contributed by atoms with E-state index in [4.69, 9.17) is 10.2 Å². The Morgan fingerprint density at radius 3 is 2.74 bits per heavy atom. The van der Waals surface area contributed by atoms with Gasteiger partial charge in [-0.25, -0.2) is 0 Å². The van der Waals surface area contributed by atoms with Gasteiger partial charge in [-0.15, -0.1) is 0 Å². The van der Waals surface area contributed by atoms with E-state index < -0.39 is 0 Å². The molecule has 5 heteroatoms. The Morgan fingerprint density at radius 2 is 2.16 bits per heavy atom. The fourth-order valence-electron chi connectivity index (χ4n) is 1.78. The van der Waals surface area contributed by atoms with Gasteiger partial charge in [0.15, 0.2) is 0 Å². The van der Waals surface area contributed by atoms with Crippen molar-refractivity contribution in [3.63, 3.8) is 0 Å². The smallest absolute Gasteiger partial charge is 0.253 e. The maximum atomic E-state index is 12.3. The molecule has 1 aromatic carbocycles. The molecule has 0 aliphatic rings. The zero-order chi connectivity index (χ0) is 14.0. The van der Waals surface area contributed by atoms with Crippen LogP contribution < -0.4 is 5.73 Å². The molecule has 0 radical (unpaired) electrons. The van der Waals surface area contributed by atoms with Crippen molar-refractivity contribution >= 4 is 27.5 Å². The maximum Gasteiger partial charge on any atom is 0.253 e. The highest BCUT2D eigenvalue weighted by Crippen LogP contribution is 2.21. The highest BCUT2D eigenvalue weighted by molar-refractivity contribution is 9.10. The number of amides is 1. The Kier molecular flexibility index (Phi) is 3.95. The lowest BCUT2D eigenvalue weighted by molar-refractivity contribution is 0.0784. The Balaban J connectivity index is 2.15. The van der Waals surface area contributed by atoms with Crippen LogP contribution in [0.2, 0.25) is 0 Å². The van der Waals surface area contributed by atoms with Crippen LogP contribution in [0.3, 0.4) is 0 Å². The van der Waals surface area contributed by atoms with E-state index in [2.05, 4.69) is 15.9 Å². The molecule has 0 aliphatic carbocycles. The summed E-state index contributed by atoms with van der Waals surface area (Å²) in [6, 6.07) is 7.05. The molecule has 1 heterocycles. The van der Waals surface area contributed by atoms with E-state index in [1.54, 1.807) is 36.4 Å². The van der Waals surface area contributed by atoms with Crippen molar-refractivity contribution in [1.82, 2.24) is 4.90 Å². The quantitative estimate of drug-likeness (QED) is 0.883. The molecule has 0 spiro atoms. The lowest BCUT2D eigenvalue weighted by atomic mass is 10.1. The number of nitrogens with two attached hydrogens (primary N) is 1. The summed E-state index contributed by atoms with van der Waals surface area (Å²) >= 11 is 3.32. The summed E-state index contributed by atoms with van der Waals surface area (Å²) in [5.74, 6) is 0.777. The van der Waals surface area contributed by atoms with E-state index >= 15 is 0 Å². The van der Waals surface area contributed by atoms with Gasteiger partial charge in [0.1, 0.15) is 5.76 Å². The van der Waals surface area contributed by atoms with Crippen LogP contribution in [-0.4, -0.2) is 17.9 Å². The fourth-order valence-corrected chi connectivity index (χ4v) is 2.16. The van der Waals surface area contributed by atoms with Gasteiger partial charge in [0, 0.05) is 34.9 Å². The number of furan rings is 1. The summed E-state index contributed by atoms with van der Waals surface area (Å²) < 4.78 is 5.95. The summed E-state index contributed by atoms with van der Waals surface area (Å²) in [6.07, 6.45) is 1.63. The second kappa shape index (κ2) is 5.48. The van der Waals surface area contributed by atoms with Gasteiger partial charge in [0.25, 0.3) is 5.91 Å². The molecule has 0 fully saturated rings. The number of benzene rings is 1. The number of carbonyl (C=O) groups is 1. The second-order valence-corrected chi connectivity index (χ2v) is 5.25. The third-order valence-corrected chi connectivity index (χ3v) is 3.65. The number of anilines is 1. The van der Waals surface area contributed by atoms with Gasteiger partial charge in [-0.2, -0.15) is 0 Å². The molecule has 2 aromatic rings. The fraction of sp³-hybridized carbons (Fsp3) is 0.214. The largest absolute Gasteiger partial charge is 0.469 e. The molecule has 0 bridgehead atoms. The standard InChI is InChI=1S/C14H15BrN2O2/c1-9-11(5-6-19-9)8-17(2)14(18)10-3-4-13(16)12(15)7-10/h3-7H,8,16H2,1-2H3. The Bertz CT molecular complexity index is 607. The minimum Gasteiger partial charge on any atom is -0.469 e. The number of hydrogen-bond acceptors (Lipinski definition) is 3. The van der Waals surface area contributed by atoms with Crippen LogP contribution in [0, 0.1) is 6.92 Å². The van der Waals surface area contributed by atoms with Crippen molar-refractivity contribution in [3.8, 4) is 0 Å². The summed E-state index contributed by atoms with van der Waals surface area (Å²) in [7, 11) is 1.76. The van der Waals surface area contributed by atoms with Crippen LogP contribution in [0.1, 0.15) is 21.7 Å². The highest BCUT2D eigenvalue weighted by Gasteiger charge is 2.14. The average molecular weight is 323 g/mol. The minimum absolute atomic E-state index is 0.0544. The molecule has 1 aromatic heterocycles. The van der Waals surface area contributed by atoms with E-state index in [0.29, 0.717) is 17.8 Å². The van der Waals surface area contributed by atoms with E-state index in [-0.39, 0.29) is 5.91 Å². The monoisotopic (exact) mass is 322 g/mol. The number of hydrogen-bond donors (Lipinski definition) is 1. The van der Waals surface area contributed by atoms with Crippen molar-refractivity contribution in [2.75, 3.05) is 12.8 Å².